The molecular formula is C18H18FN3O2. The molecule has 0 bridgehead atoms. The average molecular weight is 327 g/mol. The summed E-state index contributed by atoms with van der Waals surface area (Å²) >= 11 is 0. The van der Waals surface area contributed by atoms with Gasteiger partial charge in [0.2, 0.25) is 0 Å². The molecule has 0 amide bonds. The molecule has 1 fully saturated rings. The van der Waals surface area contributed by atoms with Gasteiger partial charge in [-0.15, -0.1) is 0 Å². The van der Waals surface area contributed by atoms with Gasteiger partial charge in [0.15, 0.2) is 0 Å². The fourth-order valence-electron chi connectivity index (χ4n) is 2.87. The van der Waals surface area contributed by atoms with E-state index in [2.05, 4.69) is 9.88 Å². The minimum atomic E-state index is -0.453. The molecule has 24 heavy (non-hydrogen) atoms. The topological polar surface area (TPSA) is 69.1 Å². The van der Waals surface area contributed by atoms with Gasteiger partial charge in [-0.2, -0.15) is 5.26 Å². The summed E-state index contributed by atoms with van der Waals surface area (Å²) in [6, 6.07) is 8.46. The maximum absolute atomic E-state index is 14.5. The molecule has 1 aromatic carbocycles. The van der Waals surface area contributed by atoms with Gasteiger partial charge in [-0.25, -0.2) is 4.39 Å². The van der Waals surface area contributed by atoms with Gasteiger partial charge in [-0.05, 0) is 24.6 Å². The van der Waals surface area contributed by atoms with E-state index in [0.717, 1.165) is 13.1 Å². The number of benzene rings is 1. The first-order chi connectivity index (χ1) is 11.6. The Bertz CT molecular complexity index is 848. The number of morpholine rings is 1. The lowest BCUT2D eigenvalue weighted by atomic mass is 9.99. The van der Waals surface area contributed by atoms with E-state index in [1.54, 1.807) is 25.1 Å². The monoisotopic (exact) mass is 327 g/mol. The maximum Gasteiger partial charge on any atom is 0.266 e. The lowest BCUT2D eigenvalue weighted by Crippen LogP contribution is -2.35. The molecule has 1 N–H and O–H groups in total. The first kappa shape index (κ1) is 16.4. The highest BCUT2D eigenvalue weighted by molar-refractivity contribution is 5.70. The highest BCUT2D eigenvalue weighted by Crippen LogP contribution is 2.25. The fourth-order valence-corrected chi connectivity index (χ4v) is 2.87. The average Bonchev–Trinajstić information content (AvgIpc) is 2.57. The summed E-state index contributed by atoms with van der Waals surface area (Å²) < 4.78 is 19.8. The molecule has 2 heterocycles. The van der Waals surface area contributed by atoms with Gasteiger partial charge in [-0.1, -0.05) is 12.1 Å². The van der Waals surface area contributed by atoms with Crippen LogP contribution in [0.5, 0.6) is 0 Å². The van der Waals surface area contributed by atoms with Crippen molar-refractivity contribution in [1.82, 2.24) is 9.88 Å². The van der Waals surface area contributed by atoms with Gasteiger partial charge in [0.25, 0.3) is 5.56 Å². The number of nitriles is 1. The van der Waals surface area contributed by atoms with Crippen molar-refractivity contribution >= 4 is 0 Å². The smallest absolute Gasteiger partial charge is 0.266 e. The van der Waals surface area contributed by atoms with Gasteiger partial charge in [-0.3, -0.25) is 9.69 Å². The van der Waals surface area contributed by atoms with Gasteiger partial charge in [0.1, 0.15) is 17.4 Å². The standard InChI is InChI=1S/C18H18FN3O2/c1-12-8-15(16(10-20)18(23)21-12)13-2-3-14(17(19)9-13)11-22-4-6-24-7-5-22/h2-3,8-9H,4-7,11H2,1H3,(H,21,23). The van der Waals surface area contributed by atoms with Crippen LogP contribution < -0.4 is 5.56 Å². The molecule has 6 heteroatoms. The minimum Gasteiger partial charge on any atom is -0.379 e. The molecule has 2 aromatic rings. The number of aryl methyl sites for hydroxylation is 1. The van der Waals surface area contributed by atoms with Crippen LogP contribution in [0, 0.1) is 24.1 Å². The van der Waals surface area contributed by atoms with E-state index in [9.17, 15) is 14.4 Å². The number of hydrogen-bond donors (Lipinski definition) is 1. The number of aromatic nitrogens is 1. The third-order valence-corrected chi connectivity index (χ3v) is 4.14. The van der Waals surface area contributed by atoms with Crippen molar-refractivity contribution in [3.63, 3.8) is 0 Å². The summed E-state index contributed by atoms with van der Waals surface area (Å²) in [7, 11) is 0. The summed E-state index contributed by atoms with van der Waals surface area (Å²) in [5.41, 5.74) is 1.76. The molecule has 0 saturated carbocycles. The summed E-state index contributed by atoms with van der Waals surface area (Å²) in [4.78, 5) is 16.6. The van der Waals surface area contributed by atoms with Crippen LogP contribution in [0.1, 0.15) is 16.8 Å². The zero-order valence-electron chi connectivity index (χ0n) is 13.4. The minimum absolute atomic E-state index is 0.000860. The Morgan fingerprint density at radius 2 is 2.08 bits per heavy atom. The molecule has 0 unspecified atom stereocenters. The highest BCUT2D eigenvalue weighted by atomic mass is 19.1. The SMILES string of the molecule is Cc1cc(-c2ccc(CN3CCOCC3)c(F)c2)c(C#N)c(=O)[nH]1. The van der Waals surface area contributed by atoms with Crippen molar-refractivity contribution in [3.05, 3.63) is 57.3 Å². The van der Waals surface area contributed by atoms with Crippen LogP contribution in [-0.2, 0) is 11.3 Å². The van der Waals surface area contributed by atoms with E-state index in [0.29, 0.717) is 42.1 Å². The first-order valence-corrected chi connectivity index (χ1v) is 7.81. The predicted molar refractivity (Wildman–Crippen MR) is 88.0 cm³/mol. The number of H-pyrrole nitrogens is 1. The Labute approximate surface area is 139 Å². The lowest BCUT2D eigenvalue weighted by molar-refractivity contribution is 0.0337. The van der Waals surface area contributed by atoms with Crippen molar-refractivity contribution in [3.8, 4) is 17.2 Å². The molecule has 0 atom stereocenters. The maximum atomic E-state index is 14.5. The molecule has 5 nitrogen and oxygen atoms in total. The number of hydrogen-bond acceptors (Lipinski definition) is 4. The molecule has 3 rings (SSSR count). The second-order valence-electron chi connectivity index (χ2n) is 5.88. The van der Waals surface area contributed by atoms with Crippen molar-refractivity contribution in [1.29, 1.82) is 5.26 Å². The number of aromatic amines is 1. The normalized spacial score (nSPS) is 15.2. The van der Waals surface area contributed by atoms with Crippen LogP contribution in [0.4, 0.5) is 4.39 Å². The molecule has 1 aliphatic rings. The molecule has 124 valence electrons. The summed E-state index contributed by atoms with van der Waals surface area (Å²) in [5, 5.41) is 9.21. The quantitative estimate of drug-likeness (QED) is 0.938. The van der Waals surface area contributed by atoms with E-state index in [1.807, 2.05) is 6.07 Å². The highest BCUT2D eigenvalue weighted by Gasteiger charge is 2.15. The number of ether oxygens (including phenoxy) is 1. The number of rotatable bonds is 3. The van der Waals surface area contributed by atoms with E-state index >= 15 is 0 Å². The molecule has 1 aliphatic heterocycles. The molecule has 1 saturated heterocycles. The van der Waals surface area contributed by atoms with Crippen LogP contribution in [0.15, 0.2) is 29.1 Å². The van der Waals surface area contributed by atoms with Crippen LogP contribution >= 0.6 is 0 Å². The van der Waals surface area contributed by atoms with Gasteiger partial charge < -0.3 is 9.72 Å². The Balaban J connectivity index is 1.93. The number of halogens is 1. The van der Waals surface area contributed by atoms with E-state index in [1.165, 1.54) is 6.07 Å². The summed E-state index contributed by atoms with van der Waals surface area (Å²) in [6.45, 7) is 5.15. The lowest BCUT2D eigenvalue weighted by Gasteiger charge is -2.26. The second-order valence-corrected chi connectivity index (χ2v) is 5.88. The van der Waals surface area contributed by atoms with Crippen LogP contribution in [0.3, 0.4) is 0 Å². The molecule has 0 radical (unpaired) electrons. The zero-order valence-corrected chi connectivity index (χ0v) is 13.4. The van der Waals surface area contributed by atoms with Crippen molar-refractivity contribution < 1.29 is 9.13 Å². The second kappa shape index (κ2) is 6.95. The number of nitrogens with zero attached hydrogens (tertiary/aromatic N) is 2. The Kier molecular flexibility index (Phi) is 4.74. The first-order valence-electron chi connectivity index (χ1n) is 7.81. The molecule has 0 aliphatic carbocycles. The zero-order chi connectivity index (χ0) is 17.1. The fraction of sp³-hybridized carbons (Fsp3) is 0.333. The van der Waals surface area contributed by atoms with Crippen molar-refractivity contribution in [2.45, 2.75) is 13.5 Å². The van der Waals surface area contributed by atoms with E-state index < -0.39 is 5.56 Å². The molecule has 0 spiro atoms. The summed E-state index contributed by atoms with van der Waals surface area (Å²) in [5.74, 6) is -0.333. The largest absolute Gasteiger partial charge is 0.379 e. The van der Waals surface area contributed by atoms with Gasteiger partial charge in [0, 0.05) is 36.5 Å². The van der Waals surface area contributed by atoms with Crippen LogP contribution in [-0.4, -0.2) is 36.2 Å². The van der Waals surface area contributed by atoms with Crippen molar-refractivity contribution in [2.24, 2.45) is 0 Å². The van der Waals surface area contributed by atoms with Gasteiger partial charge >= 0.3 is 0 Å². The summed E-state index contributed by atoms with van der Waals surface area (Å²) in [6.07, 6.45) is 0. The van der Waals surface area contributed by atoms with E-state index in [-0.39, 0.29) is 11.4 Å². The van der Waals surface area contributed by atoms with Crippen LogP contribution in [0.2, 0.25) is 0 Å². The third kappa shape index (κ3) is 3.37. The Morgan fingerprint density at radius 1 is 1.33 bits per heavy atom. The van der Waals surface area contributed by atoms with Crippen LogP contribution in [0.25, 0.3) is 11.1 Å². The predicted octanol–water partition coefficient (Wildman–Crippen LogP) is 2.19. The number of nitrogens with one attached hydrogen (secondary N) is 1. The van der Waals surface area contributed by atoms with Crippen molar-refractivity contribution in [2.75, 3.05) is 26.3 Å². The molecular weight excluding hydrogens is 309 g/mol. The van der Waals surface area contributed by atoms with Gasteiger partial charge in [0.05, 0.1) is 13.2 Å². The Morgan fingerprint density at radius 3 is 2.75 bits per heavy atom. The third-order valence-electron chi connectivity index (χ3n) is 4.14. The Hall–Kier alpha value is -2.49. The molecule has 1 aromatic heterocycles. The number of pyridine rings is 1. The van der Waals surface area contributed by atoms with E-state index in [4.69, 9.17) is 4.74 Å².